The summed E-state index contributed by atoms with van der Waals surface area (Å²) in [5.74, 6) is -1.31. The van der Waals surface area contributed by atoms with Crippen LogP contribution in [0.5, 0.6) is 5.75 Å². The molecule has 49 heavy (non-hydrogen) atoms. The molecule has 2 aliphatic rings. The minimum atomic E-state index is -1.45. The van der Waals surface area contributed by atoms with Gasteiger partial charge in [0, 0.05) is 38.5 Å². The summed E-state index contributed by atoms with van der Waals surface area (Å²) in [7, 11) is 0. The number of likely N-dealkylation sites (tertiary alicyclic amines) is 1. The molecule has 2 aromatic rings. The lowest BCUT2D eigenvalue weighted by atomic mass is 9.83. The number of hydrogen-bond acceptors (Lipinski definition) is 7. The van der Waals surface area contributed by atoms with Gasteiger partial charge in [0.2, 0.25) is 17.7 Å². The van der Waals surface area contributed by atoms with E-state index in [9.17, 15) is 29.7 Å². The molecule has 8 N–H and O–H groups in total. The molecule has 0 bridgehead atoms. The molecule has 3 amide bonds. The van der Waals surface area contributed by atoms with Crippen LogP contribution in [0.3, 0.4) is 0 Å². The van der Waals surface area contributed by atoms with Crippen molar-refractivity contribution in [3.63, 3.8) is 0 Å². The van der Waals surface area contributed by atoms with E-state index >= 15 is 0 Å². The van der Waals surface area contributed by atoms with Gasteiger partial charge in [-0.15, -0.1) is 0 Å². The lowest BCUT2D eigenvalue weighted by Gasteiger charge is -2.37. The van der Waals surface area contributed by atoms with Crippen LogP contribution in [-0.2, 0) is 27.2 Å². The fourth-order valence-corrected chi connectivity index (χ4v) is 6.79. The summed E-state index contributed by atoms with van der Waals surface area (Å²) >= 11 is 0. The van der Waals surface area contributed by atoms with Crippen molar-refractivity contribution in [1.29, 1.82) is 5.41 Å². The van der Waals surface area contributed by atoms with E-state index in [0.717, 1.165) is 11.1 Å². The van der Waals surface area contributed by atoms with Crippen LogP contribution in [0, 0.1) is 11.3 Å². The second-order valence-corrected chi connectivity index (χ2v) is 13.5. The third-order valence-corrected chi connectivity index (χ3v) is 9.48. The summed E-state index contributed by atoms with van der Waals surface area (Å²) in [6.07, 6.45) is 3.58. The number of fused-ring (bicyclic) bond motifs is 1. The van der Waals surface area contributed by atoms with Gasteiger partial charge >= 0.3 is 0 Å². The minimum Gasteiger partial charge on any atom is -0.508 e. The number of nitrogens with two attached hydrogens (primary N) is 1. The highest BCUT2D eigenvalue weighted by Gasteiger charge is 2.50. The summed E-state index contributed by atoms with van der Waals surface area (Å²) < 4.78 is 0. The molecule has 2 aromatic carbocycles. The standard InChI is InChI=1S/C37H52N6O6/c1-24(2)16-19-42(37(38)39)18-7-6-17-40-34(47)32-22-27-12-15-29(45)23-31(27)43(32)36(49)30(20-25-8-4-3-5-9-25)41-35(48)33(46)21-26-10-13-28(44)14-11-26/h3-5,8-11,13-14,16,27,29-33,44-46H,6-7,12,15,17-23H2,1-2H3,(H3,38,39)(H,40,47)(H,41,48)/t27-,29-,30+,31-,32-,33+/m0/s1. The first-order valence-electron chi connectivity index (χ1n) is 17.2. The van der Waals surface area contributed by atoms with E-state index in [4.69, 9.17) is 11.1 Å². The van der Waals surface area contributed by atoms with Crippen molar-refractivity contribution in [3.8, 4) is 5.75 Å². The average Bonchev–Trinajstić information content (AvgIpc) is 3.45. The zero-order valence-corrected chi connectivity index (χ0v) is 28.6. The van der Waals surface area contributed by atoms with Crippen LogP contribution in [0.25, 0.3) is 0 Å². The van der Waals surface area contributed by atoms with E-state index in [2.05, 4.69) is 10.6 Å². The minimum absolute atomic E-state index is 0.00328. The van der Waals surface area contributed by atoms with Gasteiger partial charge in [-0.25, -0.2) is 0 Å². The molecule has 266 valence electrons. The van der Waals surface area contributed by atoms with Gasteiger partial charge in [0.15, 0.2) is 5.96 Å². The first-order valence-corrected chi connectivity index (χ1v) is 17.2. The van der Waals surface area contributed by atoms with E-state index in [1.165, 1.54) is 12.1 Å². The molecule has 1 aliphatic heterocycles. The van der Waals surface area contributed by atoms with Gasteiger partial charge in [-0.2, -0.15) is 0 Å². The lowest BCUT2D eigenvalue weighted by molar-refractivity contribution is -0.145. The van der Waals surface area contributed by atoms with Gasteiger partial charge in [-0.05, 0) is 81.5 Å². The monoisotopic (exact) mass is 676 g/mol. The number of amides is 3. The third kappa shape index (κ3) is 10.8. The number of phenolic OH excluding ortho intramolecular Hbond substituents is 1. The van der Waals surface area contributed by atoms with E-state index in [1.54, 1.807) is 21.9 Å². The molecule has 0 radical (unpaired) electrons. The number of carbonyl (C=O) groups excluding carboxylic acids is 3. The Balaban J connectivity index is 1.47. The molecule has 0 unspecified atom stereocenters. The van der Waals surface area contributed by atoms with Crippen LogP contribution in [-0.4, -0.2) is 98.8 Å². The first kappa shape index (κ1) is 37.4. The van der Waals surface area contributed by atoms with E-state index in [-0.39, 0.29) is 42.4 Å². The van der Waals surface area contributed by atoms with E-state index < -0.39 is 36.1 Å². The number of aromatic hydroxyl groups is 1. The van der Waals surface area contributed by atoms with Gasteiger partial charge < -0.3 is 41.5 Å². The number of carbonyl (C=O) groups is 3. The predicted molar refractivity (Wildman–Crippen MR) is 187 cm³/mol. The number of guanidine groups is 1. The highest BCUT2D eigenvalue weighted by Crippen LogP contribution is 2.40. The Labute approximate surface area is 288 Å². The van der Waals surface area contributed by atoms with Crippen molar-refractivity contribution in [3.05, 3.63) is 77.4 Å². The Morgan fingerprint density at radius 2 is 1.71 bits per heavy atom. The second-order valence-electron chi connectivity index (χ2n) is 13.5. The molecule has 1 saturated heterocycles. The van der Waals surface area contributed by atoms with Gasteiger partial charge in [-0.3, -0.25) is 19.8 Å². The smallest absolute Gasteiger partial charge is 0.249 e. The van der Waals surface area contributed by atoms with Crippen molar-refractivity contribution in [1.82, 2.24) is 20.4 Å². The molecule has 0 aromatic heterocycles. The fourth-order valence-electron chi connectivity index (χ4n) is 6.79. The van der Waals surface area contributed by atoms with Crippen molar-refractivity contribution in [2.24, 2.45) is 11.7 Å². The predicted octanol–water partition coefficient (Wildman–Crippen LogP) is 2.21. The normalized spacial score (nSPS) is 21.2. The quantitative estimate of drug-likeness (QED) is 0.0646. The zero-order chi connectivity index (χ0) is 35.5. The molecular weight excluding hydrogens is 624 g/mol. The lowest BCUT2D eigenvalue weighted by Crippen LogP contribution is -2.58. The summed E-state index contributed by atoms with van der Waals surface area (Å²) in [5.41, 5.74) is 8.33. The summed E-state index contributed by atoms with van der Waals surface area (Å²) in [6, 6.07) is 13.2. The number of benzene rings is 2. The molecule has 12 nitrogen and oxygen atoms in total. The Kier molecular flexibility index (Phi) is 13.6. The average molecular weight is 677 g/mol. The molecule has 12 heteroatoms. The highest BCUT2D eigenvalue weighted by molar-refractivity contribution is 5.94. The number of nitrogens with one attached hydrogen (secondary N) is 3. The number of aliphatic hydroxyl groups excluding tert-OH is 2. The maximum Gasteiger partial charge on any atom is 0.249 e. The Morgan fingerprint density at radius 3 is 2.39 bits per heavy atom. The molecule has 0 spiro atoms. The number of unbranched alkanes of at least 4 members (excludes halogenated alkanes) is 1. The van der Waals surface area contributed by atoms with Crippen molar-refractivity contribution in [2.75, 3.05) is 19.6 Å². The van der Waals surface area contributed by atoms with Crippen LogP contribution in [0.1, 0.15) is 63.5 Å². The maximum atomic E-state index is 14.5. The third-order valence-electron chi connectivity index (χ3n) is 9.48. The fraction of sp³-hybridized carbons (Fsp3) is 0.514. The number of aliphatic hydroxyl groups is 2. The summed E-state index contributed by atoms with van der Waals surface area (Å²) in [5, 5.41) is 44.6. The number of phenols is 1. The summed E-state index contributed by atoms with van der Waals surface area (Å²) in [6.45, 7) is 5.49. The maximum absolute atomic E-state index is 14.5. The number of rotatable bonds is 15. The first-order chi connectivity index (χ1) is 23.4. The van der Waals surface area contributed by atoms with Crippen molar-refractivity contribution < 1.29 is 29.7 Å². The van der Waals surface area contributed by atoms with Gasteiger partial charge in [0.1, 0.15) is 23.9 Å². The van der Waals surface area contributed by atoms with Crippen LogP contribution in [0.15, 0.2) is 66.2 Å². The zero-order valence-electron chi connectivity index (χ0n) is 28.6. The number of nitrogens with zero attached hydrogens (tertiary/aromatic N) is 2. The van der Waals surface area contributed by atoms with Crippen LogP contribution < -0.4 is 16.4 Å². The van der Waals surface area contributed by atoms with Crippen LogP contribution in [0.4, 0.5) is 0 Å². The number of hydrogen-bond donors (Lipinski definition) is 7. The Morgan fingerprint density at radius 1 is 1.02 bits per heavy atom. The second kappa shape index (κ2) is 17.8. The van der Waals surface area contributed by atoms with E-state index in [0.29, 0.717) is 63.7 Å². The topological polar surface area (TPSA) is 192 Å². The van der Waals surface area contributed by atoms with Crippen molar-refractivity contribution in [2.45, 2.75) is 95.5 Å². The molecule has 2 fully saturated rings. The van der Waals surface area contributed by atoms with Gasteiger partial charge in [0.05, 0.1) is 6.10 Å². The highest BCUT2D eigenvalue weighted by atomic mass is 16.3. The molecule has 4 rings (SSSR count). The molecule has 1 heterocycles. The van der Waals surface area contributed by atoms with Crippen molar-refractivity contribution >= 4 is 23.7 Å². The SMILES string of the molecule is CC(C)=CCN(CCCCNC(=O)[C@@H]1C[C@@H]2CC[C@H](O)C[C@@H]2N1C(=O)[C@@H](Cc1ccccc1)NC(=O)[C@H](O)Cc1ccc(O)cc1)C(=N)N. The largest absolute Gasteiger partial charge is 0.508 e. The van der Waals surface area contributed by atoms with Gasteiger partial charge in [-0.1, -0.05) is 54.1 Å². The molecule has 1 saturated carbocycles. The number of allylic oxidation sites excluding steroid dienone is 1. The Bertz CT molecular complexity index is 1450. The summed E-state index contributed by atoms with van der Waals surface area (Å²) in [4.78, 5) is 44.9. The van der Waals surface area contributed by atoms with E-state index in [1.807, 2.05) is 50.3 Å². The molecule has 6 atom stereocenters. The van der Waals surface area contributed by atoms with Gasteiger partial charge in [0.25, 0.3) is 0 Å². The van der Waals surface area contributed by atoms with Crippen LogP contribution >= 0.6 is 0 Å². The van der Waals surface area contributed by atoms with Crippen LogP contribution in [0.2, 0.25) is 0 Å². The Hall–Kier alpha value is -4.42. The molecule has 1 aliphatic carbocycles. The molecular formula is C37H52N6O6.